The lowest BCUT2D eigenvalue weighted by Crippen LogP contribution is -2.38. The second kappa shape index (κ2) is 8.24. The van der Waals surface area contributed by atoms with E-state index in [2.05, 4.69) is 25.3 Å². The van der Waals surface area contributed by atoms with Crippen LogP contribution in [0.4, 0.5) is 0 Å². The third-order valence-corrected chi connectivity index (χ3v) is 7.46. The van der Waals surface area contributed by atoms with Gasteiger partial charge in [-0.2, -0.15) is 4.31 Å². The van der Waals surface area contributed by atoms with Crippen LogP contribution in [0.2, 0.25) is 0 Å². The van der Waals surface area contributed by atoms with Gasteiger partial charge in [0.05, 0.1) is 6.54 Å². The van der Waals surface area contributed by atoms with Crippen molar-refractivity contribution in [3.8, 4) is 0 Å². The largest absolute Gasteiger partial charge is 0.308 e. The number of rotatable bonds is 5. The summed E-state index contributed by atoms with van der Waals surface area (Å²) in [5.74, 6) is 0.469. The highest BCUT2D eigenvalue weighted by atomic mass is 32.2. The van der Waals surface area contributed by atoms with E-state index < -0.39 is 10.0 Å². The van der Waals surface area contributed by atoms with Crippen molar-refractivity contribution >= 4 is 21.2 Å². The van der Waals surface area contributed by atoms with Crippen LogP contribution in [0.15, 0.2) is 64.5 Å². The van der Waals surface area contributed by atoms with Crippen LogP contribution in [-0.4, -0.2) is 55.8 Å². The van der Waals surface area contributed by atoms with Crippen LogP contribution in [-0.2, 0) is 16.6 Å². The molecule has 32 heavy (non-hydrogen) atoms. The Kier molecular flexibility index (Phi) is 5.27. The molecule has 0 amide bonds. The van der Waals surface area contributed by atoms with Crippen molar-refractivity contribution in [2.45, 2.75) is 30.3 Å². The first-order chi connectivity index (χ1) is 15.5. The molecule has 1 fully saturated rings. The minimum atomic E-state index is -3.64. The number of hydrogen-bond acceptors (Lipinski definition) is 7. The Bertz CT molecular complexity index is 1390. The average molecular weight is 452 g/mol. The van der Waals surface area contributed by atoms with E-state index in [9.17, 15) is 13.2 Å². The highest BCUT2D eigenvalue weighted by molar-refractivity contribution is 7.89. The van der Waals surface area contributed by atoms with Gasteiger partial charge in [-0.3, -0.25) is 4.79 Å². The molecule has 0 saturated carbocycles. The third-order valence-electron chi connectivity index (χ3n) is 5.65. The number of pyridine rings is 1. The predicted octanol–water partition coefficient (Wildman–Crippen LogP) is 1.53. The Morgan fingerprint density at radius 1 is 1.03 bits per heavy atom. The molecule has 164 valence electrons. The maximum absolute atomic E-state index is 12.8. The number of benzene rings is 1. The summed E-state index contributed by atoms with van der Waals surface area (Å²) >= 11 is 0. The van der Waals surface area contributed by atoms with Crippen LogP contribution < -0.4 is 5.56 Å². The van der Waals surface area contributed by atoms with Crippen LogP contribution in [0.25, 0.3) is 11.2 Å². The van der Waals surface area contributed by atoms with E-state index >= 15 is 0 Å². The lowest BCUT2D eigenvalue weighted by atomic mass is 9.97. The summed E-state index contributed by atoms with van der Waals surface area (Å²) in [5.41, 5.74) is 1.31. The first-order valence-electron chi connectivity index (χ1n) is 10.3. The molecule has 0 bridgehead atoms. The summed E-state index contributed by atoms with van der Waals surface area (Å²) in [4.78, 5) is 24.1. The van der Waals surface area contributed by atoms with E-state index in [1.54, 1.807) is 16.8 Å². The molecule has 4 heterocycles. The van der Waals surface area contributed by atoms with Crippen molar-refractivity contribution < 1.29 is 8.42 Å². The predicted molar refractivity (Wildman–Crippen MR) is 116 cm³/mol. The quantitative estimate of drug-likeness (QED) is 0.487. The fourth-order valence-corrected chi connectivity index (χ4v) is 5.34. The minimum absolute atomic E-state index is 0.0438. The number of aromatic amines is 1. The number of H-pyrrole nitrogens is 1. The molecule has 1 aliphatic rings. The monoisotopic (exact) mass is 451 g/mol. The van der Waals surface area contributed by atoms with E-state index in [1.807, 2.05) is 30.3 Å². The van der Waals surface area contributed by atoms with Crippen molar-refractivity contribution in [1.82, 2.24) is 34.3 Å². The first kappa shape index (κ1) is 20.5. The van der Waals surface area contributed by atoms with Crippen LogP contribution >= 0.6 is 0 Å². The van der Waals surface area contributed by atoms with E-state index in [1.165, 1.54) is 16.6 Å². The fourth-order valence-electron chi connectivity index (χ4n) is 3.94. The van der Waals surface area contributed by atoms with Crippen LogP contribution in [0, 0.1) is 0 Å². The SMILES string of the molecule is O=c1[nH]c(C2CCN(S(=O)(=O)c3ccccn3)CC2)nc2c1nnn2Cc1ccccc1. The fraction of sp³-hybridized carbons (Fsp3) is 0.286. The molecule has 5 rings (SSSR count). The van der Waals surface area contributed by atoms with Gasteiger partial charge in [-0.05, 0) is 30.5 Å². The van der Waals surface area contributed by atoms with Crippen molar-refractivity contribution in [3.63, 3.8) is 0 Å². The summed E-state index contributed by atoms with van der Waals surface area (Å²) in [5, 5.41) is 8.14. The van der Waals surface area contributed by atoms with Crippen LogP contribution in [0.5, 0.6) is 0 Å². The Morgan fingerprint density at radius 3 is 2.50 bits per heavy atom. The van der Waals surface area contributed by atoms with E-state index in [4.69, 9.17) is 0 Å². The molecule has 0 unspecified atom stereocenters. The Balaban J connectivity index is 1.38. The molecule has 3 aromatic heterocycles. The molecule has 1 N–H and O–H groups in total. The van der Waals surface area contributed by atoms with Crippen molar-refractivity contribution in [2.75, 3.05) is 13.1 Å². The van der Waals surface area contributed by atoms with Gasteiger partial charge < -0.3 is 4.98 Å². The molecule has 0 aliphatic carbocycles. The molecule has 0 radical (unpaired) electrons. The summed E-state index contributed by atoms with van der Waals surface area (Å²) < 4.78 is 28.7. The van der Waals surface area contributed by atoms with Gasteiger partial charge in [-0.25, -0.2) is 23.1 Å². The molecule has 1 aliphatic heterocycles. The second-order valence-electron chi connectivity index (χ2n) is 7.70. The maximum atomic E-state index is 12.8. The number of aromatic nitrogens is 6. The highest BCUT2D eigenvalue weighted by Gasteiger charge is 2.32. The van der Waals surface area contributed by atoms with Crippen LogP contribution in [0.3, 0.4) is 0 Å². The van der Waals surface area contributed by atoms with Crippen LogP contribution in [0.1, 0.15) is 30.1 Å². The molecule has 11 heteroatoms. The summed E-state index contributed by atoms with van der Waals surface area (Å²) in [6, 6.07) is 14.6. The summed E-state index contributed by atoms with van der Waals surface area (Å²) in [6.45, 7) is 1.10. The summed E-state index contributed by atoms with van der Waals surface area (Å²) in [7, 11) is -3.64. The number of hydrogen-bond donors (Lipinski definition) is 1. The van der Waals surface area contributed by atoms with Gasteiger partial charge in [0.2, 0.25) is 0 Å². The molecule has 4 aromatic rings. The number of sulfonamides is 1. The van der Waals surface area contributed by atoms with Crippen molar-refractivity contribution in [2.24, 2.45) is 0 Å². The third kappa shape index (κ3) is 3.80. The first-order valence-corrected chi connectivity index (χ1v) is 11.7. The van der Waals surface area contributed by atoms with Crippen molar-refractivity contribution in [3.05, 3.63) is 76.5 Å². The molecule has 0 spiro atoms. The molecular formula is C21H21N7O3S. The molecule has 0 atom stereocenters. The van der Waals surface area contributed by atoms with Gasteiger partial charge in [0.1, 0.15) is 5.82 Å². The van der Waals surface area contributed by atoms with E-state index in [0.29, 0.717) is 43.9 Å². The van der Waals surface area contributed by atoms with E-state index in [-0.39, 0.29) is 22.0 Å². The van der Waals surface area contributed by atoms with Gasteiger partial charge in [0.15, 0.2) is 16.2 Å². The van der Waals surface area contributed by atoms with Gasteiger partial charge in [-0.15, -0.1) is 5.10 Å². The highest BCUT2D eigenvalue weighted by Crippen LogP contribution is 2.28. The smallest absolute Gasteiger partial charge is 0.281 e. The van der Waals surface area contributed by atoms with Gasteiger partial charge in [0, 0.05) is 25.2 Å². The molecular weight excluding hydrogens is 430 g/mol. The topological polar surface area (TPSA) is 127 Å². The number of piperidine rings is 1. The Morgan fingerprint density at radius 2 is 1.78 bits per heavy atom. The zero-order valence-corrected chi connectivity index (χ0v) is 17.9. The maximum Gasteiger partial charge on any atom is 0.281 e. The lowest BCUT2D eigenvalue weighted by molar-refractivity contribution is 0.312. The Hall–Kier alpha value is -3.44. The van der Waals surface area contributed by atoms with Gasteiger partial charge in [0.25, 0.3) is 15.6 Å². The number of nitrogens with zero attached hydrogens (tertiary/aromatic N) is 6. The minimum Gasteiger partial charge on any atom is -0.308 e. The van der Waals surface area contributed by atoms with Gasteiger partial charge >= 0.3 is 0 Å². The Labute approximate surface area is 184 Å². The standard InChI is InChI=1S/C21H21N7O3S/c29-21-18-20(28(26-25-18)14-15-6-2-1-3-7-15)23-19(24-21)16-9-12-27(13-10-16)32(30,31)17-8-4-5-11-22-17/h1-8,11,16H,9-10,12-14H2,(H,23,24,29). The molecule has 1 saturated heterocycles. The number of fused-ring (bicyclic) bond motifs is 1. The lowest BCUT2D eigenvalue weighted by Gasteiger charge is -2.30. The zero-order chi connectivity index (χ0) is 22.1. The van der Waals surface area contributed by atoms with Gasteiger partial charge in [-0.1, -0.05) is 41.6 Å². The molecule has 10 nitrogen and oxygen atoms in total. The molecule has 1 aromatic carbocycles. The normalized spacial score (nSPS) is 15.9. The van der Waals surface area contributed by atoms with E-state index in [0.717, 1.165) is 5.56 Å². The zero-order valence-electron chi connectivity index (χ0n) is 17.1. The van der Waals surface area contributed by atoms with Crippen molar-refractivity contribution in [1.29, 1.82) is 0 Å². The average Bonchev–Trinajstić information content (AvgIpc) is 3.23. The second-order valence-corrected chi connectivity index (χ2v) is 9.59. The summed E-state index contributed by atoms with van der Waals surface area (Å²) in [6.07, 6.45) is 2.55. The number of nitrogens with one attached hydrogen (secondary N) is 1.